The Morgan fingerprint density at radius 3 is 0.652 bits per heavy atom. The second-order valence-electron chi connectivity index (χ2n) is 3.25. The Morgan fingerprint density at radius 2 is 0.565 bits per heavy atom. The van der Waals surface area contributed by atoms with Gasteiger partial charge in [-0.15, -0.1) is 0 Å². The molecule has 0 aromatic carbocycles. The van der Waals surface area contributed by atoms with Crippen molar-refractivity contribution in [2.45, 2.75) is 31.1 Å². The zero-order valence-corrected chi connectivity index (χ0v) is 10.4. The summed E-state index contributed by atoms with van der Waals surface area (Å²) in [4.78, 5) is 0. The molecule has 0 rings (SSSR count). The highest BCUT2D eigenvalue weighted by Crippen LogP contribution is 2.69. The van der Waals surface area contributed by atoms with Gasteiger partial charge in [-0.1, -0.05) is 9.34 Å². The van der Waals surface area contributed by atoms with Gasteiger partial charge in [0, 0.05) is 0 Å². The first kappa shape index (κ1) is 22.3. The topological polar surface area (TPSA) is 6.48 Å². The van der Waals surface area contributed by atoms with Crippen molar-refractivity contribution in [2.75, 3.05) is 0 Å². The highest BCUT2D eigenvalue weighted by molar-refractivity contribution is 7.53. The first-order valence-electron chi connectivity index (χ1n) is 4.35. The molecule has 140 valence electrons. The molecule has 23 heavy (non-hydrogen) atoms. The van der Waals surface area contributed by atoms with Gasteiger partial charge in [0.25, 0.3) is 0 Å². The first-order chi connectivity index (χ1) is 9.61. The van der Waals surface area contributed by atoms with Gasteiger partial charge in [0.2, 0.25) is 0 Å². The Hall–Kier alpha value is -0.700. The van der Waals surface area contributed by atoms with E-state index in [2.05, 4.69) is 0 Å². The molecular weight excluding hydrogens is 404 g/mol. The van der Waals surface area contributed by atoms with Gasteiger partial charge in [0.05, 0.1) is 0 Å². The van der Waals surface area contributed by atoms with E-state index in [-0.39, 0.29) is 0 Å². The molecule has 2 nitrogen and oxygen atoms in total. The van der Waals surface area contributed by atoms with Crippen LogP contribution in [-0.2, 0) is 0 Å². The van der Waals surface area contributed by atoms with Gasteiger partial charge in [-0.3, -0.25) is 0 Å². The van der Waals surface area contributed by atoms with E-state index in [0.717, 1.165) is 0 Å². The predicted molar refractivity (Wildman–Crippen MR) is 40.9 cm³/mol. The molecule has 0 amide bonds. The first-order valence-corrected chi connectivity index (χ1v) is 5.60. The second kappa shape index (κ2) is 5.98. The quantitative estimate of drug-likeness (QED) is 0.341. The molecule has 0 atom stereocenters. The van der Waals surface area contributed by atoms with Crippen molar-refractivity contribution < 1.29 is 65.9 Å². The average molecular weight is 404 g/mol. The van der Waals surface area contributed by atoms with E-state index < -0.39 is 48.7 Å². The van der Waals surface area contributed by atoms with Crippen LogP contribution in [0, 0.1) is 0 Å². The molecule has 0 heterocycles. The van der Waals surface area contributed by atoms with E-state index in [0.29, 0.717) is 0 Å². The minimum atomic E-state index is -7.23. The van der Waals surface area contributed by atoms with Crippen LogP contribution in [0.2, 0.25) is 0 Å². The Kier molecular flexibility index (Phi) is 5.80. The van der Waals surface area contributed by atoms with Crippen molar-refractivity contribution in [3.8, 4) is 0 Å². The molecule has 18 heteroatoms. The molecule has 0 aliphatic rings. The van der Waals surface area contributed by atoms with Crippen LogP contribution in [0.25, 0.3) is 0 Å². The Morgan fingerprint density at radius 1 is 0.391 bits per heavy atom. The Bertz CT molecular complexity index is 337. The lowest BCUT2D eigenvalue weighted by molar-refractivity contribution is -0.361. The molecule has 0 aromatic rings. The molecule has 0 radical (unpaired) electrons. The van der Waals surface area contributed by atoms with Crippen LogP contribution in [0.5, 0.6) is 0 Å². The molecule has 0 saturated heterocycles. The third kappa shape index (κ3) is 5.70. The summed E-state index contributed by atoms with van der Waals surface area (Å²) in [5.74, 6) is -7.18. The third-order valence-corrected chi connectivity index (χ3v) is 3.68. The minimum absolute atomic E-state index is 3.78. The van der Waals surface area contributed by atoms with Crippen LogP contribution >= 0.6 is 8.22 Å². The molecule has 0 unspecified atom stereocenters. The maximum atomic E-state index is 12.3. The molecule has 0 aliphatic heterocycles. The molecule has 0 aliphatic carbocycles. The van der Waals surface area contributed by atoms with Crippen LogP contribution in [0.15, 0.2) is 0 Å². The molecular formula is C5F15N2P. The lowest BCUT2D eigenvalue weighted by atomic mass is 11.0. The van der Waals surface area contributed by atoms with Crippen molar-refractivity contribution in [2.24, 2.45) is 0 Å². The highest BCUT2D eigenvalue weighted by Gasteiger charge is 2.74. The van der Waals surface area contributed by atoms with Crippen LogP contribution in [0.3, 0.4) is 0 Å². The summed E-state index contributed by atoms with van der Waals surface area (Å²) < 4.78 is 174. The molecule has 0 spiro atoms. The maximum Gasteiger partial charge on any atom is 0.471 e. The van der Waals surface area contributed by atoms with Gasteiger partial charge in [-0.2, -0.15) is 65.9 Å². The van der Waals surface area contributed by atoms with Gasteiger partial charge in [0.15, 0.2) is 8.22 Å². The van der Waals surface area contributed by atoms with Crippen LogP contribution in [0.1, 0.15) is 0 Å². The zero-order valence-electron chi connectivity index (χ0n) is 9.51. The average Bonchev–Trinajstić information content (AvgIpc) is 2.04. The van der Waals surface area contributed by atoms with E-state index >= 15 is 0 Å². The Balaban J connectivity index is 6.55. The number of hydrogen-bond acceptors (Lipinski definition) is 2. The fourth-order valence-electron chi connectivity index (χ4n) is 1.03. The van der Waals surface area contributed by atoms with Gasteiger partial charge in [-0.05, 0) is 0 Å². The van der Waals surface area contributed by atoms with E-state index in [9.17, 15) is 65.9 Å². The SMILES string of the molecule is FC(F)(F)N(P(N(C(F)(F)F)C(F)(F)F)C(F)(F)F)C(F)(F)F. The lowest BCUT2D eigenvalue weighted by Gasteiger charge is -2.41. The smallest absolute Gasteiger partial charge is 0.164 e. The summed E-state index contributed by atoms with van der Waals surface area (Å²) >= 11 is 0. The summed E-state index contributed by atoms with van der Waals surface area (Å²) in [6, 6.07) is 0. The third-order valence-electron chi connectivity index (χ3n) is 1.57. The van der Waals surface area contributed by atoms with Gasteiger partial charge >= 0.3 is 31.1 Å². The molecule has 0 N–H and O–H groups in total. The van der Waals surface area contributed by atoms with Gasteiger partial charge in [-0.25, -0.2) is 0 Å². The van der Waals surface area contributed by atoms with Crippen molar-refractivity contribution in [3.63, 3.8) is 0 Å². The van der Waals surface area contributed by atoms with Crippen LogP contribution in [0.4, 0.5) is 65.9 Å². The molecule has 0 aromatic heterocycles. The number of alkyl halides is 15. The molecule has 0 fully saturated rings. The fraction of sp³-hybridized carbons (Fsp3) is 1.00. The zero-order chi connectivity index (χ0) is 19.2. The normalized spacial score (nSPS) is 15.9. The summed E-state index contributed by atoms with van der Waals surface area (Å²) in [6.45, 7) is 0. The summed E-state index contributed by atoms with van der Waals surface area (Å²) in [5.41, 5.74) is 0. The minimum Gasteiger partial charge on any atom is -0.164 e. The van der Waals surface area contributed by atoms with E-state index in [1.165, 1.54) is 0 Å². The van der Waals surface area contributed by atoms with E-state index in [1.54, 1.807) is 0 Å². The number of rotatable bonds is 2. The summed E-state index contributed by atoms with van der Waals surface area (Å²) in [5, 5.41) is 0. The second-order valence-corrected chi connectivity index (χ2v) is 5.14. The van der Waals surface area contributed by atoms with Crippen LogP contribution < -0.4 is 0 Å². The standard InChI is InChI=1S/C5F15N2P/c6-1(7,8)21(2(9,10)11)23(5(18,19)20)22(3(12,13)14)4(15,16)17. The summed E-state index contributed by atoms with van der Waals surface area (Å²) in [7, 11) is -7.01. The maximum absolute atomic E-state index is 12.3. The van der Waals surface area contributed by atoms with Crippen molar-refractivity contribution >= 4 is 8.22 Å². The predicted octanol–water partition coefficient (Wildman–Crippen LogP) is 5.50. The number of halogens is 15. The van der Waals surface area contributed by atoms with Crippen molar-refractivity contribution in [3.05, 3.63) is 0 Å². The van der Waals surface area contributed by atoms with Crippen LogP contribution in [-0.4, -0.2) is 40.5 Å². The van der Waals surface area contributed by atoms with E-state index in [4.69, 9.17) is 0 Å². The largest absolute Gasteiger partial charge is 0.471 e. The monoisotopic (exact) mass is 404 g/mol. The van der Waals surface area contributed by atoms with Gasteiger partial charge in [0.1, 0.15) is 0 Å². The summed E-state index contributed by atoms with van der Waals surface area (Å²) in [6.07, 6.45) is -28.9. The Labute approximate surface area is 116 Å². The number of nitrogens with zero attached hydrogens (tertiary/aromatic N) is 2. The molecule has 0 bridgehead atoms. The van der Waals surface area contributed by atoms with Gasteiger partial charge < -0.3 is 0 Å². The molecule has 0 saturated carbocycles. The lowest BCUT2D eigenvalue weighted by Crippen LogP contribution is -2.55. The number of hydrogen-bond donors (Lipinski definition) is 0. The fourth-order valence-corrected chi connectivity index (χ4v) is 2.53. The van der Waals surface area contributed by atoms with E-state index in [1.807, 2.05) is 0 Å². The van der Waals surface area contributed by atoms with Crippen molar-refractivity contribution in [1.29, 1.82) is 0 Å². The van der Waals surface area contributed by atoms with Crippen molar-refractivity contribution in [1.82, 2.24) is 9.34 Å². The highest BCUT2D eigenvalue weighted by atomic mass is 31.1.